The highest BCUT2D eigenvalue weighted by Gasteiger charge is 2.07. The van der Waals surface area contributed by atoms with Crippen molar-refractivity contribution in [2.75, 3.05) is 12.4 Å². The third-order valence-corrected chi connectivity index (χ3v) is 5.58. The van der Waals surface area contributed by atoms with E-state index in [1.54, 1.807) is 34.4 Å². The van der Waals surface area contributed by atoms with Gasteiger partial charge in [0.05, 0.1) is 5.69 Å². The van der Waals surface area contributed by atoms with Crippen LogP contribution in [0, 0.1) is 0 Å². The van der Waals surface area contributed by atoms with Crippen LogP contribution in [-0.2, 0) is 5.75 Å². The molecule has 2 heterocycles. The Kier molecular flexibility index (Phi) is 4.29. The summed E-state index contributed by atoms with van der Waals surface area (Å²) >= 11 is 4.91. The summed E-state index contributed by atoms with van der Waals surface area (Å²) in [6.07, 6.45) is 0. The molecular formula is C13H12N4S3. The topological polar surface area (TPSA) is 50.7 Å². The number of thiazole rings is 1. The van der Waals surface area contributed by atoms with E-state index in [1.807, 2.05) is 25.2 Å². The summed E-state index contributed by atoms with van der Waals surface area (Å²) in [6.45, 7) is 0. The van der Waals surface area contributed by atoms with Gasteiger partial charge < -0.3 is 5.32 Å². The fourth-order valence-electron chi connectivity index (χ4n) is 1.59. The summed E-state index contributed by atoms with van der Waals surface area (Å²) in [7, 11) is 1.85. The third-order valence-electron chi connectivity index (χ3n) is 2.54. The molecule has 3 aromatic rings. The van der Waals surface area contributed by atoms with Crippen molar-refractivity contribution in [2.45, 2.75) is 10.1 Å². The molecule has 0 fully saturated rings. The van der Waals surface area contributed by atoms with E-state index in [1.165, 1.54) is 5.56 Å². The van der Waals surface area contributed by atoms with Gasteiger partial charge in [0.25, 0.3) is 0 Å². The lowest BCUT2D eigenvalue weighted by Gasteiger charge is -1.94. The Bertz CT molecular complexity index is 678. The highest BCUT2D eigenvalue weighted by Crippen LogP contribution is 2.30. The van der Waals surface area contributed by atoms with Gasteiger partial charge in [-0.25, -0.2) is 4.98 Å². The van der Waals surface area contributed by atoms with Crippen LogP contribution in [0.5, 0.6) is 0 Å². The van der Waals surface area contributed by atoms with E-state index < -0.39 is 0 Å². The van der Waals surface area contributed by atoms with Crippen LogP contribution in [0.4, 0.5) is 5.13 Å². The van der Waals surface area contributed by atoms with E-state index in [4.69, 9.17) is 0 Å². The second-order valence-corrected chi connectivity index (χ2v) is 6.98. The van der Waals surface area contributed by atoms with Gasteiger partial charge in [0, 0.05) is 23.7 Å². The predicted molar refractivity (Wildman–Crippen MR) is 86.6 cm³/mol. The van der Waals surface area contributed by atoms with E-state index in [0.717, 1.165) is 25.9 Å². The lowest BCUT2D eigenvalue weighted by Crippen LogP contribution is -1.84. The van der Waals surface area contributed by atoms with Crippen molar-refractivity contribution in [3.63, 3.8) is 0 Å². The molecule has 0 unspecified atom stereocenters. The summed E-state index contributed by atoms with van der Waals surface area (Å²) in [4.78, 5) is 4.66. The average Bonchev–Trinajstić information content (AvgIpc) is 3.15. The Balaban J connectivity index is 1.65. The first kappa shape index (κ1) is 13.5. The number of hydrogen-bond donors (Lipinski definition) is 1. The highest BCUT2D eigenvalue weighted by molar-refractivity contribution is 8.00. The van der Waals surface area contributed by atoms with Crippen molar-refractivity contribution in [1.82, 2.24) is 15.2 Å². The number of rotatable bonds is 5. The lowest BCUT2D eigenvalue weighted by molar-refractivity contribution is 1.01. The standard InChI is InChI=1S/C13H12N4S3/c1-14-12-16-17-13(20-12)19-8-10-7-18-11(15-10)9-5-3-2-4-6-9/h2-7H,8H2,1H3,(H,14,16). The van der Waals surface area contributed by atoms with Crippen LogP contribution >= 0.6 is 34.4 Å². The van der Waals surface area contributed by atoms with Gasteiger partial charge in [0.2, 0.25) is 5.13 Å². The highest BCUT2D eigenvalue weighted by atomic mass is 32.2. The number of aromatic nitrogens is 3. The largest absolute Gasteiger partial charge is 0.363 e. The Labute approximate surface area is 129 Å². The molecular weight excluding hydrogens is 308 g/mol. The minimum absolute atomic E-state index is 0.821. The zero-order valence-corrected chi connectivity index (χ0v) is 13.2. The van der Waals surface area contributed by atoms with Crippen molar-refractivity contribution in [3.8, 4) is 10.6 Å². The minimum atomic E-state index is 0.821. The summed E-state index contributed by atoms with van der Waals surface area (Å²) < 4.78 is 0.962. The quantitative estimate of drug-likeness (QED) is 0.720. The summed E-state index contributed by atoms with van der Waals surface area (Å²) in [5.74, 6) is 0.821. The van der Waals surface area contributed by atoms with Crippen LogP contribution < -0.4 is 5.32 Å². The number of anilines is 1. The third kappa shape index (κ3) is 3.17. The molecule has 3 rings (SSSR count). The maximum atomic E-state index is 4.66. The molecule has 7 heteroatoms. The fraction of sp³-hybridized carbons (Fsp3) is 0.154. The zero-order valence-electron chi connectivity index (χ0n) is 10.7. The Morgan fingerprint density at radius 3 is 2.80 bits per heavy atom. The molecule has 0 saturated heterocycles. The number of thioether (sulfide) groups is 1. The van der Waals surface area contributed by atoms with Gasteiger partial charge in [-0.2, -0.15) is 0 Å². The first-order valence-corrected chi connectivity index (χ1v) is 8.67. The van der Waals surface area contributed by atoms with Gasteiger partial charge in [0.15, 0.2) is 4.34 Å². The lowest BCUT2D eigenvalue weighted by atomic mass is 10.2. The number of nitrogens with zero attached hydrogens (tertiary/aromatic N) is 3. The second kappa shape index (κ2) is 6.34. The van der Waals surface area contributed by atoms with Crippen molar-refractivity contribution in [1.29, 1.82) is 0 Å². The Morgan fingerprint density at radius 1 is 1.20 bits per heavy atom. The molecule has 20 heavy (non-hydrogen) atoms. The van der Waals surface area contributed by atoms with E-state index >= 15 is 0 Å². The summed E-state index contributed by atoms with van der Waals surface area (Å²) in [5.41, 5.74) is 2.25. The number of benzene rings is 1. The van der Waals surface area contributed by atoms with Crippen molar-refractivity contribution in [3.05, 3.63) is 41.4 Å². The summed E-state index contributed by atoms with van der Waals surface area (Å²) in [5, 5.41) is 15.1. The average molecular weight is 320 g/mol. The van der Waals surface area contributed by atoms with Crippen LogP contribution in [0.3, 0.4) is 0 Å². The molecule has 102 valence electrons. The molecule has 0 amide bonds. The van der Waals surface area contributed by atoms with Crippen LogP contribution in [0.25, 0.3) is 10.6 Å². The maximum Gasteiger partial charge on any atom is 0.206 e. The molecule has 0 aliphatic heterocycles. The van der Waals surface area contributed by atoms with E-state index in [0.29, 0.717) is 0 Å². The van der Waals surface area contributed by atoms with E-state index in [2.05, 4.69) is 38.0 Å². The van der Waals surface area contributed by atoms with E-state index in [-0.39, 0.29) is 0 Å². The number of hydrogen-bond acceptors (Lipinski definition) is 7. The molecule has 0 radical (unpaired) electrons. The molecule has 4 nitrogen and oxygen atoms in total. The van der Waals surface area contributed by atoms with Crippen molar-refractivity contribution in [2.24, 2.45) is 0 Å². The van der Waals surface area contributed by atoms with Crippen LogP contribution in [-0.4, -0.2) is 22.2 Å². The van der Waals surface area contributed by atoms with Gasteiger partial charge in [-0.05, 0) is 0 Å². The first-order valence-electron chi connectivity index (χ1n) is 5.99. The maximum absolute atomic E-state index is 4.66. The number of nitrogens with one attached hydrogen (secondary N) is 1. The van der Waals surface area contributed by atoms with Crippen LogP contribution in [0.2, 0.25) is 0 Å². The Hall–Kier alpha value is -1.44. The van der Waals surface area contributed by atoms with E-state index in [9.17, 15) is 0 Å². The predicted octanol–water partition coefficient (Wildman–Crippen LogP) is 4.00. The smallest absolute Gasteiger partial charge is 0.206 e. The molecule has 0 saturated carbocycles. The van der Waals surface area contributed by atoms with Crippen LogP contribution in [0.15, 0.2) is 40.1 Å². The van der Waals surface area contributed by atoms with Crippen molar-refractivity contribution < 1.29 is 0 Å². The monoisotopic (exact) mass is 320 g/mol. The molecule has 1 N–H and O–H groups in total. The molecule has 1 aromatic carbocycles. The zero-order chi connectivity index (χ0) is 13.8. The van der Waals surface area contributed by atoms with Crippen LogP contribution in [0.1, 0.15) is 5.69 Å². The molecule has 0 bridgehead atoms. The molecule has 0 aliphatic carbocycles. The minimum Gasteiger partial charge on any atom is -0.363 e. The molecule has 2 aromatic heterocycles. The van der Waals surface area contributed by atoms with Gasteiger partial charge in [-0.1, -0.05) is 53.4 Å². The molecule has 0 atom stereocenters. The molecule has 0 aliphatic rings. The van der Waals surface area contributed by atoms with Gasteiger partial charge in [-0.3, -0.25) is 0 Å². The second-order valence-electron chi connectivity index (χ2n) is 3.92. The van der Waals surface area contributed by atoms with Gasteiger partial charge in [0.1, 0.15) is 5.01 Å². The van der Waals surface area contributed by atoms with Gasteiger partial charge >= 0.3 is 0 Å². The van der Waals surface area contributed by atoms with Gasteiger partial charge in [-0.15, -0.1) is 21.5 Å². The van der Waals surface area contributed by atoms with Crippen molar-refractivity contribution >= 4 is 39.6 Å². The SMILES string of the molecule is CNc1nnc(SCc2csc(-c3ccccc3)n2)s1. The summed E-state index contributed by atoms with van der Waals surface area (Å²) in [6, 6.07) is 10.2. The first-order chi connectivity index (χ1) is 9.85. The normalized spacial score (nSPS) is 10.7. The Morgan fingerprint density at radius 2 is 2.05 bits per heavy atom. The molecule has 0 spiro atoms. The fourth-order valence-corrected chi connectivity index (χ4v) is 4.12.